The molecule has 0 aromatic carbocycles. The van der Waals surface area contributed by atoms with Gasteiger partial charge in [-0.1, -0.05) is 24.3 Å². The number of nitrogens with one attached hydrogen (secondary N) is 1. The molecule has 0 aliphatic carbocycles. The summed E-state index contributed by atoms with van der Waals surface area (Å²) in [7, 11) is 0. The Kier molecular flexibility index (Phi) is 4.27. The summed E-state index contributed by atoms with van der Waals surface area (Å²) in [6, 6.07) is 0. The first-order valence-corrected chi connectivity index (χ1v) is 4.05. The lowest BCUT2D eigenvalue weighted by atomic mass is 10.0. The van der Waals surface area contributed by atoms with Crippen LogP contribution in [0.2, 0.25) is 0 Å². The van der Waals surface area contributed by atoms with Crippen molar-refractivity contribution in [2.24, 2.45) is 0 Å². The van der Waals surface area contributed by atoms with Crippen LogP contribution in [0.25, 0.3) is 0 Å². The second-order valence-electron chi connectivity index (χ2n) is 2.94. The van der Waals surface area contributed by atoms with Gasteiger partial charge in [-0.25, -0.2) is 0 Å². The predicted octanol–water partition coefficient (Wildman–Crippen LogP) is 3.49. The molecule has 0 aliphatic rings. The molecule has 0 aromatic heterocycles. The highest BCUT2D eigenvalue weighted by Crippen LogP contribution is 2.14. The largest absolute Gasteiger partial charge is 0.305 e. The lowest BCUT2D eigenvalue weighted by Crippen LogP contribution is -1.96. The third-order valence-electron chi connectivity index (χ3n) is 1.78. The van der Waals surface area contributed by atoms with Gasteiger partial charge < -0.3 is 5.41 Å². The van der Waals surface area contributed by atoms with Gasteiger partial charge in [-0.05, 0) is 38.8 Å². The molecule has 0 heterocycles. The van der Waals surface area contributed by atoms with Crippen molar-refractivity contribution >= 4 is 5.71 Å². The normalized spacial score (nSPS) is 13.0. The molecule has 1 heteroatoms. The van der Waals surface area contributed by atoms with E-state index in [2.05, 4.69) is 6.58 Å². The van der Waals surface area contributed by atoms with Gasteiger partial charge in [-0.3, -0.25) is 0 Å². The Labute approximate surface area is 75.0 Å². The third-order valence-corrected chi connectivity index (χ3v) is 1.78. The summed E-state index contributed by atoms with van der Waals surface area (Å²) < 4.78 is 0. The second kappa shape index (κ2) is 4.70. The maximum atomic E-state index is 7.53. The smallest absolute Gasteiger partial charge is 0.0357 e. The molecule has 12 heavy (non-hydrogen) atoms. The highest BCUT2D eigenvalue weighted by molar-refractivity contribution is 5.99. The zero-order chi connectivity index (χ0) is 9.72. The van der Waals surface area contributed by atoms with E-state index in [-0.39, 0.29) is 0 Å². The Morgan fingerprint density at radius 3 is 2.00 bits per heavy atom. The molecule has 1 nitrogen and oxygen atoms in total. The minimum absolute atomic E-state index is 0.591. The van der Waals surface area contributed by atoms with Crippen molar-refractivity contribution in [2.75, 3.05) is 0 Å². The molecule has 0 spiro atoms. The van der Waals surface area contributed by atoms with Gasteiger partial charge in [0.2, 0.25) is 0 Å². The number of hydrogen-bond donors (Lipinski definition) is 1. The van der Waals surface area contributed by atoms with E-state index in [1.165, 1.54) is 0 Å². The first kappa shape index (κ1) is 10.9. The minimum Gasteiger partial charge on any atom is -0.305 e. The van der Waals surface area contributed by atoms with Crippen molar-refractivity contribution in [1.29, 1.82) is 5.41 Å². The molecular formula is C11H17N. The molecule has 1 N–H and O–H groups in total. The molecule has 0 rings (SSSR count). The molecule has 0 saturated carbocycles. The molecule has 0 bridgehead atoms. The lowest BCUT2D eigenvalue weighted by molar-refractivity contribution is 1.32. The molecule has 0 aliphatic heterocycles. The van der Waals surface area contributed by atoms with Gasteiger partial charge in [0.05, 0.1) is 0 Å². The summed E-state index contributed by atoms with van der Waals surface area (Å²) in [5.41, 5.74) is 3.69. The molecule has 0 amide bonds. The molecular weight excluding hydrogens is 146 g/mol. The molecule has 0 fully saturated rings. The standard InChI is InChI=1S/C11H17N/c1-6-7-11(10(5)12)9(4)8(2)3/h6-7,12H,2H2,1,3-5H3/b7-6-,11-9+,12-10?. The topological polar surface area (TPSA) is 23.9 Å². The summed E-state index contributed by atoms with van der Waals surface area (Å²) in [6.45, 7) is 11.6. The lowest BCUT2D eigenvalue weighted by Gasteiger charge is -2.06. The van der Waals surface area contributed by atoms with Gasteiger partial charge in [0.25, 0.3) is 0 Å². The first-order chi connectivity index (χ1) is 5.50. The summed E-state index contributed by atoms with van der Waals surface area (Å²) in [5, 5.41) is 7.53. The maximum Gasteiger partial charge on any atom is 0.0357 e. The van der Waals surface area contributed by atoms with Crippen LogP contribution < -0.4 is 0 Å². The van der Waals surface area contributed by atoms with Crippen molar-refractivity contribution in [3.63, 3.8) is 0 Å². The van der Waals surface area contributed by atoms with E-state index in [0.29, 0.717) is 5.71 Å². The monoisotopic (exact) mass is 163 g/mol. The number of rotatable bonds is 3. The molecule has 0 aromatic rings. The van der Waals surface area contributed by atoms with Crippen LogP contribution in [0.1, 0.15) is 27.7 Å². The van der Waals surface area contributed by atoms with E-state index < -0.39 is 0 Å². The van der Waals surface area contributed by atoms with Crippen LogP contribution in [-0.2, 0) is 0 Å². The first-order valence-electron chi connectivity index (χ1n) is 4.05. The van der Waals surface area contributed by atoms with Gasteiger partial charge in [0.1, 0.15) is 0 Å². The van der Waals surface area contributed by atoms with Gasteiger partial charge in [0, 0.05) is 5.71 Å². The van der Waals surface area contributed by atoms with E-state index in [9.17, 15) is 0 Å². The number of hydrogen-bond acceptors (Lipinski definition) is 1. The summed E-state index contributed by atoms with van der Waals surface area (Å²) in [6.07, 6.45) is 3.89. The second-order valence-corrected chi connectivity index (χ2v) is 2.94. The Balaban J connectivity index is 5.07. The Hall–Kier alpha value is -1.11. The van der Waals surface area contributed by atoms with Gasteiger partial charge >= 0.3 is 0 Å². The highest BCUT2D eigenvalue weighted by Gasteiger charge is 2.01. The van der Waals surface area contributed by atoms with Gasteiger partial charge in [-0.15, -0.1) is 0 Å². The molecule has 0 saturated heterocycles. The quantitative estimate of drug-likeness (QED) is 0.486. The zero-order valence-corrected chi connectivity index (χ0v) is 8.36. The molecule has 0 radical (unpaired) electrons. The Morgan fingerprint density at radius 1 is 1.25 bits per heavy atom. The van der Waals surface area contributed by atoms with Crippen LogP contribution in [0, 0.1) is 5.41 Å². The van der Waals surface area contributed by atoms with Gasteiger partial charge in [-0.2, -0.15) is 0 Å². The van der Waals surface area contributed by atoms with E-state index in [1.54, 1.807) is 6.92 Å². The zero-order valence-electron chi connectivity index (χ0n) is 8.36. The van der Waals surface area contributed by atoms with E-state index in [4.69, 9.17) is 5.41 Å². The SMILES string of the molecule is C=C(C)/C(C)=C(\C=C/C)C(C)=N. The van der Waals surface area contributed by atoms with Crippen LogP contribution in [0.15, 0.2) is 35.5 Å². The van der Waals surface area contributed by atoms with Crippen LogP contribution in [0.3, 0.4) is 0 Å². The third kappa shape index (κ3) is 2.87. The maximum absolute atomic E-state index is 7.53. The minimum atomic E-state index is 0.591. The van der Waals surface area contributed by atoms with Crippen LogP contribution in [0.4, 0.5) is 0 Å². The Bertz CT molecular complexity index is 254. The van der Waals surface area contributed by atoms with E-state index in [0.717, 1.165) is 16.7 Å². The average Bonchev–Trinajstić information content (AvgIpc) is 1.98. The van der Waals surface area contributed by atoms with Crippen molar-refractivity contribution in [1.82, 2.24) is 0 Å². The van der Waals surface area contributed by atoms with E-state index in [1.807, 2.05) is 32.9 Å². The van der Waals surface area contributed by atoms with Crippen LogP contribution in [-0.4, -0.2) is 5.71 Å². The average molecular weight is 163 g/mol. The fraction of sp³-hybridized carbons (Fsp3) is 0.364. The van der Waals surface area contributed by atoms with Crippen molar-refractivity contribution < 1.29 is 0 Å². The summed E-state index contributed by atoms with van der Waals surface area (Å²) in [5.74, 6) is 0. The summed E-state index contributed by atoms with van der Waals surface area (Å²) >= 11 is 0. The fourth-order valence-corrected chi connectivity index (χ4v) is 0.928. The molecule has 66 valence electrons. The van der Waals surface area contributed by atoms with Crippen molar-refractivity contribution in [3.05, 3.63) is 35.5 Å². The number of allylic oxidation sites excluding steroid dienone is 5. The van der Waals surface area contributed by atoms with Crippen LogP contribution in [0.5, 0.6) is 0 Å². The Morgan fingerprint density at radius 2 is 1.75 bits per heavy atom. The molecule has 0 atom stereocenters. The fourth-order valence-electron chi connectivity index (χ4n) is 0.928. The van der Waals surface area contributed by atoms with Gasteiger partial charge in [0.15, 0.2) is 0 Å². The predicted molar refractivity (Wildman–Crippen MR) is 55.7 cm³/mol. The van der Waals surface area contributed by atoms with Crippen molar-refractivity contribution in [2.45, 2.75) is 27.7 Å². The summed E-state index contributed by atoms with van der Waals surface area (Å²) in [4.78, 5) is 0. The molecule has 0 unspecified atom stereocenters. The highest BCUT2D eigenvalue weighted by atomic mass is 14.4. The van der Waals surface area contributed by atoms with Crippen molar-refractivity contribution in [3.8, 4) is 0 Å². The van der Waals surface area contributed by atoms with E-state index >= 15 is 0 Å². The van der Waals surface area contributed by atoms with Crippen LogP contribution >= 0.6 is 0 Å².